The highest BCUT2D eigenvalue weighted by molar-refractivity contribution is 9.10. The monoisotopic (exact) mass is 398 g/mol. The van der Waals surface area contributed by atoms with E-state index in [2.05, 4.69) is 27.0 Å². The lowest BCUT2D eigenvalue weighted by Gasteiger charge is -2.26. The lowest BCUT2D eigenvalue weighted by molar-refractivity contribution is 0.0773. The average Bonchev–Trinajstić information content (AvgIpc) is 3.04. The van der Waals surface area contributed by atoms with Gasteiger partial charge in [-0.1, -0.05) is 28.1 Å². The van der Waals surface area contributed by atoms with E-state index in [1.807, 2.05) is 35.4 Å². The van der Waals surface area contributed by atoms with Crippen molar-refractivity contribution in [1.29, 1.82) is 0 Å². The number of amides is 1. The molecule has 0 fully saturated rings. The predicted molar refractivity (Wildman–Crippen MR) is 101 cm³/mol. The van der Waals surface area contributed by atoms with Gasteiger partial charge >= 0.3 is 0 Å². The molecule has 0 aliphatic carbocycles. The van der Waals surface area contributed by atoms with Crippen LogP contribution in [-0.2, 0) is 0 Å². The molecule has 0 unspecified atom stereocenters. The smallest absolute Gasteiger partial charge is 0.254 e. The van der Waals surface area contributed by atoms with E-state index >= 15 is 0 Å². The maximum atomic E-state index is 13.6. The molecule has 2 heterocycles. The summed E-state index contributed by atoms with van der Waals surface area (Å²) in [6.45, 7) is 1.21. The van der Waals surface area contributed by atoms with E-state index in [1.165, 1.54) is 6.07 Å². The quantitative estimate of drug-likeness (QED) is 0.647. The van der Waals surface area contributed by atoms with Gasteiger partial charge in [-0.05, 0) is 48.4 Å². The zero-order chi connectivity index (χ0) is 17.4. The maximum absolute atomic E-state index is 13.6. The van der Waals surface area contributed by atoms with Gasteiger partial charge in [0.25, 0.3) is 5.91 Å². The molecule has 1 aliphatic heterocycles. The van der Waals surface area contributed by atoms with Crippen molar-refractivity contribution >= 4 is 38.3 Å². The number of aromatic nitrogens is 1. The van der Waals surface area contributed by atoms with E-state index in [0.717, 1.165) is 32.9 Å². The second-order valence-electron chi connectivity index (χ2n) is 6.13. The fourth-order valence-electron chi connectivity index (χ4n) is 3.26. The summed E-state index contributed by atoms with van der Waals surface area (Å²) in [6, 6.07) is 12.2. The van der Waals surface area contributed by atoms with Gasteiger partial charge in [-0.25, -0.2) is 4.39 Å². The second kappa shape index (κ2) is 6.48. The van der Waals surface area contributed by atoms with Gasteiger partial charge in [0.15, 0.2) is 0 Å². The molecule has 4 rings (SSSR count). The Balaban J connectivity index is 1.57. The SMILES string of the molecule is O=C(c1cccc(Br)c1)N1CC=C(c2c[nH]c3ccc(F)cc23)CC1. The molecule has 0 radical (unpaired) electrons. The summed E-state index contributed by atoms with van der Waals surface area (Å²) in [4.78, 5) is 17.6. The summed E-state index contributed by atoms with van der Waals surface area (Å²) in [5.41, 5.74) is 3.77. The molecule has 126 valence electrons. The molecule has 1 aliphatic rings. The number of carbonyl (C=O) groups excluding carboxylic acids is 1. The Morgan fingerprint density at radius 1 is 1.20 bits per heavy atom. The molecule has 0 atom stereocenters. The number of aromatic amines is 1. The van der Waals surface area contributed by atoms with Crippen LogP contribution < -0.4 is 0 Å². The van der Waals surface area contributed by atoms with Crippen LogP contribution in [0.1, 0.15) is 22.3 Å². The van der Waals surface area contributed by atoms with E-state index in [4.69, 9.17) is 0 Å². The van der Waals surface area contributed by atoms with Crippen LogP contribution in [0.5, 0.6) is 0 Å². The number of halogens is 2. The minimum atomic E-state index is -0.240. The first kappa shape index (κ1) is 16.1. The zero-order valence-corrected chi connectivity index (χ0v) is 15.0. The summed E-state index contributed by atoms with van der Waals surface area (Å²) >= 11 is 3.40. The van der Waals surface area contributed by atoms with Crippen LogP contribution in [-0.4, -0.2) is 28.9 Å². The molecule has 3 aromatic rings. The third kappa shape index (κ3) is 3.12. The van der Waals surface area contributed by atoms with Crippen LogP contribution in [0.25, 0.3) is 16.5 Å². The molecule has 0 saturated carbocycles. The number of hydrogen-bond donors (Lipinski definition) is 1. The number of benzene rings is 2. The van der Waals surface area contributed by atoms with Crippen LogP contribution in [0.15, 0.2) is 59.2 Å². The molecule has 1 N–H and O–H groups in total. The van der Waals surface area contributed by atoms with Crippen LogP contribution >= 0.6 is 15.9 Å². The number of fused-ring (bicyclic) bond motifs is 1. The van der Waals surface area contributed by atoms with E-state index < -0.39 is 0 Å². The molecular weight excluding hydrogens is 383 g/mol. The van der Waals surface area contributed by atoms with Gasteiger partial charge < -0.3 is 9.88 Å². The van der Waals surface area contributed by atoms with Crippen LogP contribution in [0.3, 0.4) is 0 Å². The summed E-state index contributed by atoms with van der Waals surface area (Å²) in [5.74, 6) is -0.210. The third-order valence-corrected chi connectivity index (χ3v) is 5.05. The first-order valence-electron chi connectivity index (χ1n) is 8.13. The van der Waals surface area contributed by atoms with Crippen molar-refractivity contribution in [2.24, 2.45) is 0 Å². The number of rotatable bonds is 2. The normalized spacial score (nSPS) is 14.6. The zero-order valence-electron chi connectivity index (χ0n) is 13.4. The summed E-state index contributed by atoms with van der Waals surface area (Å²) < 4.78 is 14.5. The molecule has 2 aromatic carbocycles. The Hall–Kier alpha value is -2.40. The van der Waals surface area contributed by atoms with Gasteiger partial charge in [-0.2, -0.15) is 0 Å². The standard InChI is InChI=1S/C20H16BrFN2O/c21-15-3-1-2-14(10-15)20(25)24-8-6-13(7-9-24)18-12-23-19-5-4-16(22)11-17(18)19/h1-6,10-12,23H,7-9H2. The van der Waals surface area contributed by atoms with E-state index in [-0.39, 0.29) is 11.7 Å². The minimum absolute atomic E-state index is 0.0292. The highest BCUT2D eigenvalue weighted by Crippen LogP contribution is 2.30. The van der Waals surface area contributed by atoms with Crippen molar-refractivity contribution in [1.82, 2.24) is 9.88 Å². The number of H-pyrrole nitrogens is 1. The highest BCUT2D eigenvalue weighted by Gasteiger charge is 2.20. The fraction of sp³-hybridized carbons (Fsp3) is 0.150. The molecule has 0 bridgehead atoms. The number of carbonyl (C=O) groups is 1. The van der Waals surface area contributed by atoms with Crippen molar-refractivity contribution in [2.45, 2.75) is 6.42 Å². The van der Waals surface area contributed by atoms with E-state index in [1.54, 1.807) is 12.1 Å². The number of nitrogens with one attached hydrogen (secondary N) is 1. The third-order valence-electron chi connectivity index (χ3n) is 4.56. The van der Waals surface area contributed by atoms with Crippen molar-refractivity contribution in [3.05, 3.63) is 76.2 Å². The molecule has 3 nitrogen and oxygen atoms in total. The summed E-state index contributed by atoms with van der Waals surface area (Å²) in [7, 11) is 0. The Morgan fingerprint density at radius 2 is 2.08 bits per heavy atom. The topological polar surface area (TPSA) is 36.1 Å². The van der Waals surface area contributed by atoms with Gasteiger partial charge in [-0.15, -0.1) is 0 Å². The highest BCUT2D eigenvalue weighted by atomic mass is 79.9. The van der Waals surface area contributed by atoms with Crippen molar-refractivity contribution in [2.75, 3.05) is 13.1 Å². The van der Waals surface area contributed by atoms with Gasteiger partial charge in [-0.3, -0.25) is 4.79 Å². The van der Waals surface area contributed by atoms with Crippen molar-refractivity contribution < 1.29 is 9.18 Å². The Morgan fingerprint density at radius 3 is 2.84 bits per heavy atom. The first-order chi connectivity index (χ1) is 12.1. The van der Waals surface area contributed by atoms with Crippen LogP contribution in [0, 0.1) is 5.82 Å². The predicted octanol–water partition coefficient (Wildman–Crippen LogP) is 5.00. The van der Waals surface area contributed by atoms with Gasteiger partial charge in [0.1, 0.15) is 5.82 Å². The first-order valence-corrected chi connectivity index (χ1v) is 8.92. The fourth-order valence-corrected chi connectivity index (χ4v) is 3.66. The van der Waals surface area contributed by atoms with E-state index in [0.29, 0.717) is 18.7 Å². The average molecular weight is 399 g/mol. The Kier molecular flexibility index (Phi) is 4.17. The summed E-state index contributed by atoms with van der Waals surface area (Å²) in [5, 5.41) is 0.887. The lowest BCUT2D eigenvalue weighted by Crippen LogP contribution is -2.34. The minimum Gasteiger partial charge on any atom is -0.361 e. The molecular formula is C20H16BrFN2O. The molecule has 0 spiro atoms. The van der Waals surface area contributed by atoms with Crippen molar-refractivity contribution in [3.63, 3.8) is 0 Å². The molecule has 1 amide bonds. The lowest BCUT2D eigenvalue weighted by atomic mass is 9.98. The summed E-state index contributed by atoms with van der Waals surface area (Å²) in [6.07, 6.45) is 4.73. The Labute approximate surface area is 153 Å². The number of hydrogen-bond acceptors (Lipinski definition) is 1. The molecule has 25 heavy (non-hydrogen) atoms. The van der Waals surface area contributed by atoms with Crippen molar-refractivity contribution in [3.8, 4) is 0 Å². The largest absolute Gasteiger partial charge is 0.361 e. The molecule has 1 aromatic heterocycles. The number of nitrogens with zero attached hydrogens (tertiary/aromatic N) is 1. The molecule has 5 heteroatoms. The van der Waals surface area contributed by atoms with E-state index in [9.17, 15) is 9.18 Å². The van der Waals surface area contributed by atoms with Gasteiger partial charge in [0.2, 0.25) is 0 Å². The van der Waals surface area contributed by atoms with Crippen LogP contribution in [0.4, 0.5) is 4.39 Å². The Bertz CT molecular complexity index is 992. The maximum Gasteiger partial charge on any atom is 0.254 e. The molecule has 0 saturated heterocycles. The van der Waals surface area contributed by atoms with Gasteiger partial charge in [0.05, 0.1) is 0 Å². The second-order valence-corrected chi connectivity index (χ2v) is 7.05. The van der Waals surface area contributed by atoms with Crippen LogP contribution in [0.2, 0.25) is 0 Å². The van der Waals surface area contributed by atoms with Gasteiger partial charge in [0, 0.05) is 45.8 Å².